The minimum absolute atomic E-state index is 0.0350. The fraction of sp³-hybridized carbons (Fsp3) is 0.0769. The van der Waals surface area contributed by atoms with Crippen molar-refractivity contribution >= 4 is 15.7 Å². The Kier molecular flexibility index (Phi) is 3.65. The van der Waals surface area contributed by atoms with Crippen LogP contribution in [0.25, 0.3) is 0 Å². The van der Waals surface area contributed by atoms with Crippen LogP contribution in [0.1, 0.15) is 5.56 Å². The molecule has 0 heterocycles. The van der Waals surface area contributed by atoms with Crippen LogP contribution >= 0.6 is 0 Å². The molecule has 0 atom stereocenters. The number of hydrogen-bond donors (Lipinski definition) is 2. The first-order chi connectivity index (χ1) is 9.27. The zero-order valence-corrected chi connectivity index (χ0v) is 11.4. The Morgan fingerprint density at radius 3 is 2.45 bits per heavy atom. The molecule has 106 valence electrons. The number of anilines is 1. The van der Waals surface area contributed by atoms with Gasteiger partial charge in [-0.1, -0.05) is 6.07 Å². The van der Waals surface area contributed by atoms with Crippen molar-refractivity contribution in [2.45, 2.75) is 11.8 Å². The summed E-state index contributed by atoms with van der Waals surface area (Å²) >= 11 is 0. The van der Waals surface area contributed by atoms with Gasteiger partial charge in [0.05, 0.1) is 5.69 Å². The molecule has 7 heteroatoms. The molecule has 0 bridgehead atoms. The van der Waals surface area contributed by atoms with Gasteiger partial charge in [0.2, 0.25) is 10.0 Å². The van der Waals surface area contributed by atoms with Crippen LogP contribution in [0.5, 0.6) is 11.5 Å². The van der Waals surface area contributed by atoms with Crippen molar-refractivity contribution in [3.63, 3.8) is 0 Å². The molecule has 0 fully saturated rings. The van der Waals surface area contributed by atoms with Crippen molar-refractivity contribution in [2.75, 3.05) is 5.73 Å². The van der Waals surface area contributed by atoms with Crippen molar-refractivity contribution in [1.29, 1.82) is 0 Å². The van der Waals surface area contributed by atoms with E-state index in [2.05, 4.69) is 0 Å². The number of rotatable bonds is 3. The summed E-state index contributed by atoms with van der Waals surface area (Å²) in [6, 6.07) is 8.28. The van der Waals surface area contributed by atoms with Crippen LogP contribution in [-0.2, 0) is 10.0 Å². The van der Waals surface area contributed by atoms with E-state index in [0.29, 0.717) is 0 Å². The lowest BCUT2D eigenvalue weighted by atomic mass is 10.2. The molecule has 2 rings (SSSR count). The first-order valence-electron chi connectivity index (χ1n) is 5.64. The Morgan fingerprint density at radius 1 is 1.15 bits per heavy atom. The summed E-state index contributed by atoms with van der Waals surface area (Å²) in [6.07, 6.45) is 0. The van der Waals surface area contributed by atoms with E-state index in [9.17, 15) is 12.8 Å². The minimum Gasteiger partial charge on any atom is -0.454 e. The number of aryl methyl sites for hydroxylation is 1. The van der Waals surface area contributed by atoms with Gasteiger partial charge in [-0.2, -0.15) is 0 Å². The number of halogens is 1. The van der Waals surface area contributed by atoms with Gasteiger partial charge in [0, 0.05) is 6.07 Å². The Balaban J connectivity index is 2.36. The van der Waals surface area contributed by atoms with Gasteiger partial charge in [0.1, 0.15) is 10.6 Å². The van der Waals surface area contributed by atoms with E-state index in [-0.39, 0.29) is 22.1 Å². The maximum absolute atomic E-state index is 13.6. The third kappa shape index (κ3) is 3.06. The standard InChI is InChI=1S/C13H13FN2O3S/c1-8-2-4-10(14)12(6-8)19-9-3-5-13(11(15)7-9)20(16,17)18/h2-7H,15H2,1H3,(H2,16,17,18). The van der Waals surface area contributed by atoms with Crippen LogP contribution in [-0.4, -0.2) is 8.42 Å². The molecule has 2 aromatic rings. The molecule has 0 saturated carbocycles. The predicted octanol–water partition coefficient (Wildman–Crippen LogP) is 2.16. The number of benzene rings is 2. The molecule has 5 nitrogen and oxygen atoms in total. The van der Waals surface area contributed by atoms with E-state index >= 15 is 0 Å². The molecule has 20 heavy (non-hydrogen) atoms. The quantitative estimate of drug-likeness (QED) is 0.848. The molecule has 0 saturated heterocycles. The van der Waals surface area contributed by atoms with Gasteiger partial charge in [0.15, 0.2) is 11.6 Å². The first-order valence-corrected chi connectivity index (χ1v) is 7.18. The highest BCUT2D eigenvalue weighted by molar-refractivity contribution is 7.89. The van der Waals surface area contributed by atoms with E-state index in [4.69, 9.17) is 15.6 Å². The predicted molar refractivity (Wildman–Crippen MR) is 73.4 cm³/mol. The van der Waals surface area contributed by atoms with Crippen molar-refractivity contribution in [3.8, 4) is 11.5 Å². The molecule has 0 aliphatic rings. The van der Waals surface area contributed by atoms with Crippen molar-refractivity contribution in [2.24, 2.45) is 5.14 Å². The maximum Gasteiger partial charge on any atom is 0.240 e. The Bertz CT molecular complexity index is 760. The number of ether oxygens (including phenoxy) is 1. The lowest BCUT2D eigenvalue weighted by molar-refractivity contribution is 0.441. The molecule has 0 radical (unpaired) electrons. The fourth-order valence-corrected chi connectivity index (χ4v) is 2.31. The number of nitrogen functional groups attached to an aromatic ring is 1. The number of hydrogen-bond acceptors (Lipinski definition) is 4. The molecule has 0 aromatic heterocycles. The largest absolute Gasteiger partial charge is 0.454 e. The minimum atomic E-state index is -3.89. The zero-order chi connectivity index (χ0) is 14.9. The highest BCUT2D eigenvalue weighted by Gasteiger charge is 2.13. The number of primary sulfonamides is 1. The molecule has 4 N–H and O–H groups in total. The second-order valence-electron chi connectivity index (χ2n) is 4.28. The summed E-state index contributed by atoms with van der Waals surface area (Å²) in [7, 11) is -3.89. The van der Waals surface area contributed by atoms with E-state index in [1.807, 2.05) is 0 Å². The van der Waals surface area contributed by atoms with Crippen LogP contribution in [0.4, 0.5) is 10.1 Å². The first kappa shape index (κ1) is 14.3. The SMILES string of the molecule is Cc1ccc(F)c(Oc2ccc(S(N)(=O)=O)c(N)c2)c1. The lowest BCUT2D eigenvalue weighted by Gasteiger charge is -2.10. The lowest BCUT2D eigenvalue weighted by Crippen LogP contribution is -2.14. The van der Waals surface area contributed by atoms with E-state index in [1.165, 1.54) is 30.3 Å². The third-order valence-corrected chi connectivity index (χ3v) is 3.59. The summed E-state index contributed by atoms with van der Waals surface area (Å²) in [4.78, 5) is -0.199. The van der Waals surface area contributed by atoms with E-state index in [0.717, 1.165) is 5.56 Å². The molecule has 0 amide bonds. The van der Waals surface area contributed by atoms with E-state index in [1.54, 1.807) is 13.0 Å². The van der Waals surface area contributed by atoms with Crippen LogP contribution in [0, 0.1) is 12.7 Å². The van der Waals surface area contributed by atoms with Gasteiger partial charge in [0.25, 0.3) is 0 Å². The van der Waals surface area contributed by atoms with Gasteiger partial charge in [-0.15, -0.1) is 0 Å². The highest BCUT2D eigenvalue weighted by Crippen LogP contribution is 2.29. The summed E-state index contributed by atoms with van der Waals surface area (Å²) in [5.74, 6) is -0.267. The summed E-state index contributed by atoms with van der Waals surface area (Å²) in [5.41, 5.74) is 6.37. The van der Waals surface area contributed by atoms with Crippen LogP contribution in [0.15, 0.2) is 41.3 Å². The van der Waals surface area contributed by atoms with Crippen LogP contribution < -0.4 is 15.6 Å². The smallest absolute Gasteiger partial charge is 0.240 e. The Hall–Kier alpha value is -2.12. The molecular weight excluding hydrogens is 283 g/mol. The van der Waals surface area contributed by atoms with E-state index < -0.39 is 15.8 Å². The average Bonchev–Trinajstić information content (AvgIpc) is 2.32. The molecule has 0 spiro atoms. The molecular formula is C13H13FN2O3S. The Labute approximate surface area is 116 Å². The van der Waals surface area contributed by atoms with Gasteiger partial charge in [-0.25, -0.2) is 17.9 Å². The third-order valence-electron chi connectivity index (χ3n) is 2.60. The molecule has 0 aliphatic carbocycles. The van der Waals surface area contributed by atoms with Crippen LogP contribution in [0.3, 0.4) is 0 Å². The van der Waals surface area contributed by atoms with Crippen molar-refractivity contribution in [1.82, 2.24) is 0 Å². The van der Waals surface area contributed by atoms with Gasteiger partial charge in [-0.3, -0.25) is 0 Å². The van der Waals surface area contributed by atoms with Gasteiger partial charge in [-0.05, 0) is 36.8 Å². The van der Waals surface area contributed by atoms with Crippen molar-refractivity contribution in [3.05, 3.63) is 47.8 Å². The fourth-order valence-electron chi connectivity index (χ4n) is 1.66. The summed E-state index contributed by atoms with van der Waals surface area (Å²) in [6.45, 7) is 1.80. The summed E-state index contributed by atoms with van der Waals surface area (Å²) < 4.78 is 41.3. The number of nitrogens with two attached hydrogens (primary N) is 2. The average molecular weight is 296 g/mol. The molecule has 2 aromatic carbocycles. The topological polar surface area (TPSA) is 95.4 Å². The highest BCUT2D eigenvalue weighted by atomic mass is 32.2. The maximum atomic E-state index is 13.6. The molecule has 0 unspecified atom stereocenters. The normalized spacial score (nSPS) is 11.3. The van der Waals surface area contributed by atoms with Crippen LogP contribution in [0.2, 0.25) is 0 Å². The monoisotopic (exact) mass is 296 g/mol. The van der Waals surface area contributed by atoms with Crippen molar-refractivity contribution < 1.29 is 17.5 Å². The van der Waals surface area contributed by atoms with Gasteiger partial charge < -0.3 is 10.5 Å². The molecule has 0 aliphatic heterocycles. The Morgan fingerprint density at radius 2 is 1.85 bits per heavy atom. The summed E-state index contributed by atoms with van der Waals surface area (Å²) in [5, 5.41) is 5.00. The number of sulfonamides is 1. The second-order valence-corrected chi connectivity index (χ2v) is 5.81. The second kappa shape index (κ2) is 5.10. The van der Waals surface area contributed by atoms with Gasteiger partial charge >= 0.3 is 0 Å². The zero-order valence-electron chi connectivity index (χ0n) is 10.6.